The lowest BCUT2D eigenvalue weighted by Gasteiger charge is -2.22. The molecule has 0 heterocycles. The highest BCUT2D eigenvalue weighted by atomic mass is 19.2. The van der Waals surface area contributed by atoms with E-state index in [4.69, 9.17) is 5.26 Å². The summed E-state index contributed by atoms with van der Waals surface area (Å²) >= 11 is 0. The number of nitrogens with zero attached hydrogens (tertiary/aromatic N) is 1. The van der Waals surface area contributed by atoms with Crippen molar-refractivity contribution in [1.82, 2.24) is 0 Å². The number of anilines is 1. The molecule has 1 rings (SSSR count). The molecular weight excluding hydrogens is 198 g/mol. The highest BCUT2D eigenvalue weighted by Gasteiger charge is 2.17. The van der Waals surface area contributed by atoms with Crippen LogP contribution < -0.4 is 5.32 Å². The molecule has 1 aromatic carbocycles. The van der Waals surface area contributed by atoms with E-state index in [1.165, 1.54) is 12.1 Å². The molecule has 15 heavy (non-hydrogen) atoms. The van der Waals surface area contributed by atoms with E-state index in [-0.39, 0.29) is 16.8 Å². The summed E-state index contributed by atoms with van der Waals surface area (Å²) in [5.41, 5.74) is -0.576. The number of rotatable bonds is 1. The van der Waals surface area contributed by atoms with Crippen molar-refractivity contribution in [1.29, 1.82) is 5.26 Å². The molecule has 0 aliphatic heterocycles. The number of nitrogens with one attached hydrogen (secondary N) is 1. The zero-order valence-electron chi connectivity index (χ0n) is 8.86. The largest absolute Gasteiger partial charge is 0.378 e. The Labute approximate surface area is 87.5 Å². The molecule has 0 aromatic heterocycles. The SMILES string of the molecule is CC(C)(C)Nc1ccc(C#N)c(F)c1F. The van der Waals surface area contributed by atoms with Gasteiger partial charge in [-0.05, 0) is 32.9 Å². The molecule has 1 N–H and O–H groups in total. The number of benzene rings is 1. The summed E-state index contributed by atoms with van der Waals surface area (Å²) in [6.45, 7) is 5.51. The third kappa shape index (κ3) is 2.66. The molecule has 0 aliphatic rings. The third-order valence-electron chi connectivity index (χ3n) is 1.71. The molecule has 0 amide bonds. The van der Waals surface area contributed by atoms with Crippen LogP contribution in [0.3, 0.4) is 0 Å². The van der Waals surface area contributed by atoms with E-state index >= 15 is 0 Å². The van der Waals surface area contributed by atoms with Gasteiger partial charge in [-0.2, -0.15) is 5.26 Å². The van der Waals surface area contributed by atoms with Crippen molar-refractivity contribution in [2.24, 2.45) is 0 Å². The van der Waals surface area contributed by atoms with Crippen molar-refractivity contribution < 1.29 is 8.78 Å². The van der Waals surface area contributed by atoms with Crippen LogP contribution in [0, 0.1) is 23.0 Å². The van der Waals surface area contributed by atoms with Gasteiger partial charge in [0, 0.05) is 5.54 Å². The summed E-state index contributed by atoms with van der Waals surface area (Å²) in [5, 5.41) is 11.3. The molecule has 0 aliphatic carbocycles. The lowest BCUT2D eigenvalue weighted by molar-refractivity contribution is 0.504. The quantitative estimate of drug-likeness (QED) is 0.773. The third-order valence-corrected chi connectivity index (χ3v) is 1.71. The predicted octanol–water partition coefficient (Wildman–Crippen LogP) is 3.05. The Kier molecular flexibility index (Phi) is 2.94. The minimum Gasteiger partial charge on any atom is -0.378 e. The number of halogens is 2. The molecule has 0 unspecified atom stereocenters. The van der Waals surface area contributed by atoms with Crippen molar-refractivity contribution in [3.8, 4) is 6.07 Å². The Morgan fingerprint density at radius 3 is 2.27 bits per heavy atom. The molecule has 0 spiro atoms. The standard InChI is InChI=1S/C11H12F2N2/c1-11(2,3)15-8-5-4-7(6-14)9(12)10(8)13/h4-5,15H,1-3H3. The minimum absolute atomic E-state index is 0.0685. The van der Waals surface area contributed by atoms with Crippen LogP contribution in [0.15, 0.2) is 12.1 Å². The topological polar surface area (TPSA) is 35.8 Å². The fraction of sp³-hybridized carbons (Fsp3) is 0.364. The maximum absolute atomic E-state index is 13.4. The normalized spacial score (nSPS) is 10.9. The molecule has 4 heteroatoms. The van der Waals surface area contributed by atoms with Crippen LogP contribution in [0.5, 0.6) is 0 Å². The summed E-state index contributed by atoms with van der Waals surface area (Å²) in [7, 11) is 0. The van der Waals surface area contributed by atoms with Crippen molar-refractivity contribution in [3.05, 3.63) is 29.3 Å². The van der Waals surface area contributed by atoms with Gasteiger partial charge < -0.3 is 5.32 Å². The summed E-state index contributed by atoms with van der Waals surface area (Å²) in [6.07, 6.45) is 0. The van der Waals surface area contributed by atoms with Gasteiger partial charge in [0.15, 0.2) is 11.6 Å². The van der Waals surface area contributed by atoms with Crippen LogP contribution in [0.25, 0.3) is 0 Å². The average Bonchev–Trinajstić information content (AvgIpc) is 2.11. The van der Waals surface area contributed by atoms with Gasteiger partial charge in [0.2, 0.25) is 0 Å². The van der Waals surface area contributed by atoms with Crippen LogP contribution >= 0.6 is 0 Å². The first-order valence-corrected chi connectivity index (χ1v) is 4.51. The van der Waals surface area contributed by atoms with E-state index in [2.05, 4.69) is 5.32 Å². The van der Waals surface area contributed by atoms with Gasteiger partial charge in [0.25, 0.3) is 0 Å². The van der Waals surface area contributed by atoms with Gasteiger partial charge in [-0.1, -0.05) is 0 Å². The van der Waals surface area contributed by atoms with Gasteiger partial charge in [-0.25, -0.2) is 8.78 Å². The fourth-order valence-electron chi connectivity index (χ4n) is 1.14. The summed E-state index contributed by atoms with van der Waals surface area (Å²) in [5.74, 6) is -2.12. The maximum Gasteiger partial charge on any atom is 0.183 e. The van der Waals surface area contributed by atoms with Crippen molar-refractivity contribution in [3.63, 3.8) is 0 Å². The van der Waals surface area contributed by atoms with Gasteiger partial charge in [-0.15, -0.1) is 0 Å². The first-order valence-electron chi connectivity index (χ1n) is 4.51. The van der Waals surface area contributed by atoms with E-state index in [1.807, 2.05) is 20.8 Å². The monoisotopic (exact) mass is 210 g/mol. The first-order chi connectivity index (χ1) is 6.85. The molecule has 0 fully saturated rings. The van der Waals surface area contributed by atoms with Gasteiger partial charge >= 0.3 is 0 Å². The average molecular weight is 210 g/mol. The molecule has 0 bridgehead atoms. The van der Waals surface area contributed by atoms with E-state index in [0.29, 0.717) is 0 Å². The molecule has 1 aromatic rings. The molecule has 0 saturated carbocycles. The van der Waals surface area contributed by atoms with Crippen molar-refractivity contribution >= 4 is 5.69 Å². The Balaban J connectivity index is 3.14. The predicted molar refractivity (Wildman–Crippen MR) is 54.4 cm³/mol. The summed E-state index contributed by atoms with van der Waals surface area (Å²) in [6, 6.07) is 4.20. The number of hydrogen-bond donors (Lipinski definition) is 1. The smallest absolute Gasteiger partial charge is 0.183 e. The van der Waals surface area contributed by atoms with Gasteiger partial charge in [0.1, 0.15) is 6.07 Å². The van der Waals surface area contributed by atoms with Crippen LogP contribution in [-0.2, 0) is 0 Å². The zero-order valence-corrected chi connectivity index (χ0v) is 8.86. The van der Waals surface area contributed by atoms with Crippen LogP contribution in [0.4, 0.5) is 14.5 Å². The maximum atomic E-state index is 13.4. The Morgan fingerprint density at radius 2 is 1.80 bits per heavy atom. The van der Waals surface area contributed by atoms with Gasteiger partial charge in [0.05, 0.1) is 11.3 Å². The second-order valence-corrected chi connectivity index (χ2v) is 4.28. The van der Waals surface area contributed by atoms with E-state index in [9.17, 15) is 8.78 Å². The molecule has 0 saturated heterocycles. The lowest BCUT2D eigenvalue weighted by Crippen LogP contribution is -2.26. The summed E-state index contributed by atoms with van der Waals surface area (Å²) in [4.78, 5) is 0. The highest BCUT2D eigenvalue weighted by molar-refractivity contribution is 5.51. The Hall–Kier alpha value is -1.63. The van der Waals surface area contributed by atoms with Crippen LogP contribution in [0.2, 0.25) is 0 Å². The molecule has 2 nitrogen and oxygen atoms in total. The Morgan fingerprint density at radius 1 is 1.20 bits per heavy atom. The van der Waals surface area contributed by atoms with E-state index < -0.39 is 11.6 Å². The first kappa shape index (κ1) is 11.4. The van der Waals surface area contributed by atoms with Gasteiger partial charge in [-0.3, -0.25) is 0 Å². The molecular formula is C11H12F2N2. The minimum atomic E-state index is -1.10. The number of hydrogen-bond acceptors (Lipinski definition) is 2. The second kappa shape index (κ2) is 3.85. The second-order valence-electron chi connectivity index (χ2n) is 4.28. The van der Waals surface area contributed by atoms with Crippen LogP contribution in [-0.4, -0.2) is 5.54 Å². The van der Waals surface area contributed by atoms with Crippen LogP contribution in [0.1, 0.15) is 26.3 Å². The van der Waals surface area contributed by atoms with E-state index in [1.54, 1.807) is 6.07 Å². The van der Waals surface area contributed by atoms with Crippen molar-refractivity contribution in [2.45, 2.75) is 26.3 Å². The highest BCUT2D eigenvalue weighted by Crippen LogP contribution is 2.22. The lowest BCUT2D eigenvalue weighted by atomic mass is 10.1. The summed E-state index contributed by atoms with van der Waals surface area (Å²) < 4.78 is 26.6. The zero-order chi connectivity index (χ0) is 11.6. The van der Waals surface area contributed by atoms with E-state index in [0.717, 1.165) is 0 Å². The molecule has 0 radical (unpaired) electrons. The molecule has 0 atom stereocenters. The Bertz CT molecular complexity index is 414. The fourth-order valence-corrected chi connectivity index (χ4v) is 1.14. The molecule has 80 valence electrons. The van der Waals surface area contributed by atoms with Crippen molar-refractivity contribution in [2.75, 3.05) is 5.32 Å². The number of nitriles is 1.